The van der Waals surface area contributed by atoms with Gasteiger partial charge in [-0.2, -0.15) is 0 Å². The molecule has 0 spiro atoms. The first-order valence-electron chi connectivity index (χ1n) is 4.10. The predicted octanol–water partition coefficient (Wildman–Crippen LogP) is 2.61. The van der Waals surface area contributed by atoms with Crippen LogP contribution in [0.4, 0.5) is 0 Å². The number of hydrogen-bond acceptors (Lipinski definition) is 1. The van der Waals surface area contributed by atoms with E-state index >= 15 is 0 Å². The van der Waals surface area contributed by atoms with Gasteiger partial charge in [-0.1, -0.05) is 39.5 Å². The zero-order valence-electron chi connectivity index (χ0n) is 6.97. The Hall–Kier alpha value is -0.330. The number of aldehydes is 1. The molecule has 1 unspecified atom stereocenters. The molecule has 1 nitrogen and oxygen atoms in total. The normalized spacial score (nSPS) is 13.0. The van der Waals surface area contributed by atoms with Crippen molar-refractivity contribution in [2.75, 3.05) is 0 Å². The van der Waals surface area contributed by atoms with E-state index in [1.807, 2.05) is 0 Å². The molecule has 0 saturated carbocycles. The van der Waals surface area contributed by atoms with Gasteiger partial charge in [-0.3, -0.25) is 0 Å². The van der Waals surface area contributed by atoms with Gasteiger partial charge in [0.2, 0.25) is 0 Å². The van der Waals surface area contributed by atoms with Crippen LogP contribution in [-0.2, 0) is 4.79 Å². The highest BCUT2D eigenvalue weighted by Crippen LogP contribution is 2.10. The summed E-state index contributed by atoms with van der Waals surface area (Å²) in [5.41, 5.74) is 0. The summed E-state index contributed by atoms with van der Waals surface area (Å²) in [4.78, 5) is 9.99. The molecule has 0 aliphatic carbocycles. The van der Waals surface area contributed by atoms with E-state index in [4.69, 9.17) is 0 Å². The van der Waals surface area contributed by atoms with Crippen LogP contribution in [0.25, 0.3) is 0 Å². The molecule has 0 aromatic carbocycles. The standard InChI is InChI=1S/C9H17O/c1-3-4-5-6-9(2)7-8-10/h7-9H,3-6H2,1-2H3. The Morgan fingerprint density at radius 3 is 2.60 bits per heavy atom. The quantitative estimate of drug-likeness (QED) is 0.410. The molecule has 0 heterocycles. The molecule has 0 bridgehead atoms. The van der Waals surface area contributed by atoms with E-state index in [0.29, 0.717) is 5.92 Å². The number of rotatable bonds is 6. The number of hydrogen-bond donors (Lipinski definition) is 0. The van der Waals surface area contributed by atoms with E-state index in [1.54, 1.807) is 6.42 Å². The predicted molar refractivity (Wildman–Crippen MR) is 43.7 cm³/mol. The van der Waals surface area contributed by atoms with E-state index < -0.39 is 0 Å². The van der Waals surface area contributed by atoms with Gasteiger partial charge in [-0.15, -0.1) is 0 Å². The zero-order chi connectivity index (χ0) is 7.82. The highest BCUT2D eigenvalue weighted by molar-refractivity contribution is 5.61. The molecule has 0 amide bonds. The molecular formula is C9H17O. The summed E-state index contributed by atoms with van der Waals surface area (Å²) in [7, 11) is 0. The van der Waals surface area contributed by atoms with Gasteiger partial charge in [0, 0.05) is 6.42 Å². The van der Waals surface area contributed by atoms with E-state index in [-0.39, 0.29) is 0 Å². The molecule has 0 aliphatic rings. The summed E-state index contributed by atoms with van der Waals surface area (Å²) in [5, 5.41) is 0. The van der Waals surface area contributed by atoms with Crippen molar-refractivity contribution in [1.82, 2.24) is 0 Å². The Morgan fingerprint density at radius 1 is 1.40 bits per heavy atom. The molecule has 0 rings (SSSR count). The monoisotopic (exact) mass is 141 g/mol. The van der Waals surface area contributed by atoms with Crippen molar-refractivity contribution >= 4 is 6.29 Å². The third-order valence-corrected chi connectivity index (χ3v) is 1.67. The molecule has 1 heteroatoms. The Bertz CT molecular complexity index is 78.8. The van der Waals surface area contributed by atoms with Gasteiger partial charge in [0.1, 0.15) is 6.29 Å². The molecule has 1 radical (unpaired) electrons. The molecule has 0 aromatic heterocycles. The largest absolute Gasteiger partial charge is 0.303 e. The topological polar surface area (TPSA) is 17.1 Å². The van der Waals surface area contributed by atoms with Gasteiger partial charge in [-0.25, -0.2) is 0 Å². The fourth-order valence-corrected chi connectivity index (χ4v) is 0.947. The lowest BCUT2D eigenvalue weighted by Gasteiger charge is -2.04. The Labute approximate surface area is 63.8 Å². The second kappa shape index (κ2) is 6.79. The second-order valence-corrected chi connectivity index (χ2v) is 2.80. The number of unbranched alkanes of at least 4 members (excludes halogenated alkanes) is 2. The third kappa shape index (κ3) is 5.80. The molecule has 0 aliphatic heterocycles. The summed E-state index contributed by atoms with van der Waals surface area (Å²) in [6.07, 6.45) is 7.59. The van der Waals surface area contributed by atoms with Crippen LogP contribution in [-0.4, -0.2) is 6.29 Å². The summed E-state index contributed by atoms with van der Waals surface area (Å²) in [6, 6.07) is 0. The second-order valence-electron chi connectivity index (χ2n) is 2.80. The van der Waals surface area contributed by atoms with Crippen molar-refractivity contribution in [2.24, 2.45) is 5.92 Å². The summed E-state index contributed by atoms with van der Waals surface area (Å²) in [6.45, 7) is 4.28. The Kier molecular flexibility index (Phi) is 6.56. The van der Waals surface area contributed by atoms with Crippen LogP contribution in [0.2, 0.25) is 0 Å². The summed E-state index contributed by atoms with van der Waals surface area (Å²) >= 11 is 0. The van der Waals surface area contributed by atoms with Crippen LogP contribution in [0.3, 0.4) is 0 Å². The zero-order valence-corrected chi connectivity index (χ0v) is 6.97. The highest BCUT2D eigenvalue weighted by atomic mass is 16.1. The minimum atomic E-state index is 0.476. The molecule has 0 fully saturated rings. The lowest BCUT2D eigenvalue weighted by molar-refractivity contribution is -0.105. The number of carbonyl (C=O) groups is 1. The maximum absolute atomic E-state index is 9.99. The van der Waals surface area contributed by atoms with Crippen molar-refractivity contribution in [1.29, 1.82) is 0 Å². The average Bonchev–Trinajstić information content (AvgIpc) is 1.89. The fraction of sp³-hybridized carbons (Fsp3) is 0.778. The Balaban J connectivity index is 3.04. The lowest BCUT2D eigenvalue weighted by atomic mass is 10.0. The van der Waals surface area contributed by atoms with Crippen LogP contribution in [0.1, 0.15) is 39.5 Å². The average molecular weight is 141 g/mol. The van der Waals surface area contributed by atoms with Crippen molar-refractivity contribution in [3.05, 3.63) is 6.42 Å². The van der Waals surface area contributed by atoms with Gasteiger partial charge >= 0.3 is 0 Å². The smallest absolute Gasteiger partial charge is 0.124 e. The maximum Gasteiger partial charge on any atom is 0.124 e. The van der Waals surface area contributed by atoms with Crippen molar-refractivity contribution in [3.63, 3.8) is 0 Å². The SMILES string of the molecule is CCCCCC(C)[CH]C=O. The van der Waals surface area contributed by atoms with Crippen LogP contribution < -0.4 is 0 Å². The van der Waals surface area contributed by atoms with Gasteiger partial charge in [0.05, 0.1) is 0 Å². The molecule has 0 N–H and O–H groups in total. The van der Waals surface area contributed by atoms with Crippen LogP contribution in [0.15, 0.2) is 0 Å². The van der Waals surface area contributed by atoms with Crippen LogP contribution >= 0.6 is 0 Å². The first-order chi connectivity index (χ1) is 4.81. The first kappa shape index (κ1) is 9.67. The summed E-state index contributed by atoms with van der Waals surface area (Å²) in [5.74, 6) is 0.476. The van der Waals surface area contributed by atoms with Crippen LogP contribution in [0.5, 0.6) is 0 Å². The van der Waals surface area contributed by atoms with Gasteiger partial charge < -0.3 is 4.79 Å². The molecule has 1 atom stereocenters. The molecule has 0 saturated heterocycles. The summed E-state index contributed by atoms with van der Waals surface area (Å²) < 4.78 is 0. The first-order valence-corrected chi connectivity index (χ1v) is 4.10. The number of carbonyl (C=O) groups excluding carboxylic acids is 1. The minimum Gasteiger partial charge on any atom is -0.303 e. The molecule has 10 heavy (non-hydrogen) atoms. The Morgan fingerprint density at radius 2 is 2.10 bits per heavy atom. The lowest BCUT2D eigenvalue weighted by Crippen LogP contribution is -1.95. The van der Waals surface area contributed by atoms with Crippen molar-refractivity contribution in [2.45, 2.75) is 39.5 Å². The van der Waals surface area contributed by atoms with Crippen LogP contribution in [0, 0.1) is 12.3 Å². The molecular weight excluding hydrogens is 124 g/mol. The third-order valence-electron chi connectivity index (χ3n) is 1.67. The van der Waals surface area contributed by atoms with E-state index in [9.17, 15) is 4.79 Å². The van der Waals surface area contributed by atoms with Crippen molar-refractivity contribution < 1.29 is 4.79 Å². The van der Waals surface area contributed by atoms with Gasteiger partial charge in [0.25, 0.3) is 0 Å². The van der Waals surface area contributed by atoms with Gasteiger partial charge in [-0.05, 0) is 5.92 Å². The van der Waals surface area contributed by atoms with Gasteiger partial charge in [0.15, 0.2) is 0 Å². The molecule has 59 valence electrons. The van der Waals surface area contributed by atoms with E-state index in [0.717, 1.165) is 12.7 Å². The van der Waals surface area contributed by atoms with E-state index in [2.05, 4.69) is 13.8 Å². The fourth-order valence-electron chi connectivity index (χ4n) is 0.947. The van der Waals surface area contributed by atoms with E-state index in [1.165, 1.54) is 19.3 Å². The molecule has 0 aromatic rings. The van der Waals surface area contributed by atoms with Crippen molar-refractivity contribution in [3.8, 4) is 0 Å². The maximum atomic E-state index is 9.99. The highest BCUT2D eigenvalue weighted by Gasteiger charge is 1.99. The minimum absolute atomic E-state index is 0.476.